The number of carbonyl (C=O) groups excluding carboxylic acids is 2. The van der Waals surface area contributed by atoms with Crippen LogP contribution in [0.4, 0.5) is 0 Å². The first-order valence-electron chi connectivity index (χ1n) is 6.42. The third kappa shape index (κ3) is 12.1. The van der Waals surface area contributed by atoms with Crippen LogP contribution in [-0.4, -0.2) is 38.4 Å². The summed E-state index contributed by atoms with van der Waals surface area (Å²) in [4.78, 5) is 22.3. The molecular weight excluding hydrogens is 287 g/mol. The lowest BCUT2D eigenvalue weighted by atomic mass is 10.2. The SMILES string of the molecule is CC(C)COC(=O)CO[PH](=O)OCC(=O)OCC(C)C. The van der Waals surface area contributed by atoms with Gasteiger partial charge in [0.05, 0.1) is 13.2 Å². The maximum atomic E-state index is 11.3. The quantitative estimate of drug-likeness (QED) is 0.449. The summed E-state index contributed by atoms with van der Waals surface area (Å²) in [5.74, 6) is -0.822. The second-order valence-electron chi connectivity index (χ2n) is 4.98. The Kier molecular flexibility index (Phi) is 10.3. The van der Waals surface area contributed by atoms with Crippen LogP contribution in [-0.2, 0) is 32.7 Å². The molecule has 7 nitrogen and oxygen atoms in total. The van der Waals surface area contributed by atoms with Gasteiger partial charge in [0.25, 0.3) is 0 Å². The van der Waals surface area contributed by atoms with Gasteiger partial charge >= 0.3 is 20.2 Å². The summed E-state index contributed by atoms with van der Waals surface area (Å²) < 4.78 is 30.2. The lowest BCUT2D eigenvalue weighted by Gasteiger charge is -2.09. The van der Waals surface area contributed by atoms with Crippen LogP contribution in [0.1, 0.15) is 27.7 Å². The Hall–Kier alpha value is -0.910. The van der Waals surface area contributed by atoms with Crippen molar-refractivity contribution in [2.45, 2.75) is 27.7 Å². The average molecular weight is 310 g/mol. The van der Waals surface area contributed by atoms with E-state index >= 15 is 0 Å². The molecule has 0 fully saturated rings. The molecule has 0 amide bonds. The van der Waals surface area contributed by atoms with Crippen LogP contribution in [0.3, 0.4) is 0 Å². The first-order valence-corrected chi connectivity index (χ1v) is 7.64. The van der Waals surface area contributed by atoms with Gasteiger partial charge in [-0.15, -0.1) is 0 Å². The topological polar surface area (TPSA) is 88.1 Å². The molecular formula is C12H23O7P. The summed E-state index contributed by atoms with van der Waals surface area (Å²) >= 11 is 0. The minimum absolute atomic E-state index is 0.211. The molecule has 8 heteroatoms. The fourth-order valence-corrected chi connectivity index (χ4v) is 1.43. The predicted molar refractivity (Wildman–Crippen MR) is 72.5 cm³/mol. The van der Waals surface area contributed by atoms with Gasteiger partial charge < -0.3 is 9.47 Å². The van der Waals surface area contributed by atoms with Crippen LogP contribution in [0.2, 0.25) is 0 Å². The van der Waals surface area contributed by atoms with Crippen LogP contribution >= 0.6 is 8.25 Å². The van der Waals surface area contributed by atoms with Gasteiger partial charge in [-0.3, -0.25) is 13.6 Å². The Labute approximate surface area is 119 Å². The number of esters is 2. The molecule has 0 aliphatic heterocycles. The van der Waals surface area contributed by atoms with Gasteiger partial charge in [-0.1, -0.05) is 27.7 Å². The van der Waals surface area contributed by atoms with Crippen molar-refractivity contribution in [2.24, 2.45) is 11.8 Å². The van der Waals surface area contributed by atoms with Crippen molar-refractivity contribution in [1.29, 1.82) is 0 Å². The molecule has 118 valence electrons. The Morgan fingerprint density at radius 1 is 0.850 bits per heavy atom. The highest BCUT2D eigenvalue weighted by atomic mass is 31.1. The molecule has 0 N–H and O–H groups in total. The molecule has 0 heterocycles. The Morgan fingerprint density at radius 2 is 1.20 bits per heavy atom. The molecule has 20 heavy (non-hydrogen) atoms. The average Bonchev–Trinajstić information content (AvgIpc) is 2.37. The third-order valence-corrected chi connectivity index (χ3v) is 2.53. The van der Waals surface area contributed by atoms with E-state index in [-0.39, 0.29) is 25.0 Å². The van der Waals surface area contributed by atoms with Crippen LogP contribution in [0.15, 0.2) is 0 Å². The van der Waals surface area contributed by atoms with E-state index in [0.29, 0.717) is 0 Å². The highest BCUT2D eigenvalue weighted by molar-refractivity contribution is 7.33. The molecule has 0 saturated heterocycles. The first-order chi connectivity index (χ1) is 9.31. The Bertz CT molecular complexity index is 298. The lowest BCUT2D eigenvalue weighted by molar-refractivity contribution is -0.147. The highest BCUT2D eigenvalue weighted by Gasteiger charge is 2.11. The second-order valence-corrected chi connectivity index (χ2v) is 6.06. The van der Waals surface area contributed by atoms with Crippen LogP contribution in [0.25, 0.3) is 0 Å². The van der Waals surface area contributed by atoms with Gasteiger partial charge in [-0.2, -0.15) is 0 Å². The van der Waals surface area contributed by atoms with Gasteiger partial charge in [0, 0.05) is 0 Å². The van der Waals surface area contributed by atoms with Crippen molar-refractivity contribution in [2.75, 3.05) is 26.4 Å². The first kappa shape index (κ1) is 19.1. The minimum atomic E-state index is -2.91. The Balaban J connectivity index is 3.68. The van der Waals surface area contributed by atoms with Crippen molar-refractivity contribution in [1.82, 2.24) is 0 Å². The van der Waals surface area contributed by atoms with Crippen molar-refractivity contribution in [3.63, 3.8) is 0 Å². The maximum absolute atomic E-state index is 11.3. The summed E-state index contributed by atoms with van der Waals surface area (Å²) in [5.41, 5.74) is 0. The molecule has 0 unspecified atom stereocenters. The molecule has 0 aliphatic carbocycles. The van der Waals surface area contributed by atoms with Crippen LogP contribution in [0.5, 0.6) is 0 Å². The number of carbonyl (C=O) groups is 2. The molecule has 0 aromatic rings. The monoisotopic (exact) mass is 310 g/mol. The van der Waals surface area contributed by atoms with Gasteiger partial charge in [-0.05, 0) is 11.8 Å². The zero-order valence-electron chi connectivity index (χ0n) is 12.3. The number of rotatable bonds is 10. The number of ether oxygens (including phenoxy) is 2. The van der Waals surface area contributed by atoms with E-state index in [2.05, 4.69) is 9.05 Å². The zero-order chi connectivity index (χ0) is 15.5. The lowest BCUT2D eigenvalue weighted by Crippen LogP contribution is -2.15. The minimum Gasteiger partial charge on any atom is -0.464 e. The fraction of sp³-hybridized carbons (Fsp3) is 0.833. The normalized spacial score (nSPS) is 11.2. The van der Waals surface area contributed by atoms with Gasteiger partial charge in [0.15, 0.2) is 13.2 Å². The highest BCUT2D eigenvalue weighted by Crippen LogP contribution is 2.23. The molecule has 0 radical (unpaired) electrons. The fourth-order valence-electron chi connectivity index (χ4n) is 0.880. The van der Waals surface area contributed by atoms with Crippen LogP contribution in [0, 0.1) is 11.8 Å². The van der Waals surface area contributed by atoms with Crippen molar-refractivity contribution >= 4 is 20.2 Å². The van der Waals surface area contributed by atoms with E-state index in [9.17, 15) is 14.2 Å². The van der Waals surface area contributed by atoms with Crippen molar-refractivity contribution in [3.8, 4) is 0 Å². The zero-order valence-corrected chi connectivity index (χ0v) is 13.3. The van der Waals surface area contributed by atoms with E-state index in [1.165, 1.54) is 0 Å². The summed E-state index contributed by atoms with van der Waals surface area (Å²) in [6, 6.07) is 0. The van der Waals surface area contributed by atoms with E-state index in [1.54, 1.807) is 0 Å². The Morgan fingerprint density at radius 3 is 1.50 bits per heavy atom. The van der Waals surface area contributed by atoms with E-state index in [0.717, 1.165) is 0 Å². The standard InChI is InChI=1S/C12H23O7P/c1-9(2)5-16-11(13)7-18-20(15)19-8-12(14)17-6-10(3)4/h9-10,20H,5-8H2,1-4H3. The van der Waals surface area contributed by atoms with E-state index in [1.807, 2.05) is 27.7 Å². The number of hydrogen-bond donors (Lipinski definition) is 0. The molecule has 0 bridgehead atoms. The van der Waals surface area contributed by atoms with Crippen molar-refractivity contribution < 1.29 is 32.7 Å². The maximum Gasteiger partial charge on any atom is 0.332 e. The molecule has 0 aromatic carbocycles. The van der Waals surface area contributed by atoms with Crippen LogP contribution < -0.4 is 0 Å². The van der Waals surface area contributed by atoms with Gasteiger partial charge in [-0.25, -0.2) is 9.59 Å². The smallest absolute Gasteiger partial charge is 0.332 e. The number of hydrogen-bond acceptors (Lipinski definition) is 7. The molecule has 0 atom stereocenters. The second kappa shape index (κ2) is 10.8. The summed E-state index contributed by atoms with van der Waals surface area (Å²) in [5, 5.41) is 0. The predicted octanol–water partition coefficient (Wildman–Crippen LogP) is 1.81. The van der Waals surface area contributed by atoms with E-state index < -0.39 is 33.4 Å². The molecule has 0 saturated carbocycles. The molecule has 0 spiro atoms. The summed E-state index contributed by atoms with van der Waals surface area (Å²) in [7, 11) is -2.91. The largest absolute Gasteiger partial charge is 0.464 e. The van der Waals surface area contributed by atoms with Gasteiger partial charge in [0.1, 0.15) is 0 Å². The molecule has 0 aliphatic rings. The molecule has 0 rings (SSSR count). The summed E-state index contributed by atoms with van der Waals surface area (Å²) in [6.45, 7) is 7.17. The van der Waals surface area contributed by atoms with Crippen molar-refractivity contribution in [3.05, 3.63) is 0 Å². The molecule has 0 aromatic heterocycles. The summed E-state index contributed by atoms with van der Waals surface area (Å²) in [6.07, 6.45) is 0. The van der Waals surface area contributed by atoms with Gasteiger partial charge in [0.2, 0.25) is 0 Å². The van der Waals surface area contributed by atoms with E-state index in [4.69, 9.17) is 9.47 Å². The third-order valence-electron chi connectivity index (χ3n) is 1.77.